The first-order chi connectivity index (χ1) is 8.74. The van der Waals surface area contributed by atoms with E-state index in [1.54, 1.807) is 22.1 Å². The Hall–Kier alpha value is -1.24. The number of carbonyl (C=O) groups is 1. The van der Waals surface area contributed by atoms with E-state index in [2.05, 4.69) is 26.5 Å². The Morgan fingerprint density at radius 2 is 2.16 bits per heavy atom. The van der Waals surface area contributed by atoms with Crippen molar-refractivity contribution in [3.8, 4) is 0 Å². The molecule has 4 nitrogen and oxygen atoms in total. The highest BCUT2D eigenvalue weighted by Gasteiger charge is 2.06. The first kappa shape index (κ1) is 15.8. The highest BCUT2D eigenvalue weighted by molar-refractivity contribution is 9.10. The number of halogens is 2. The SMILES string of the molecule is O=C(C[n+]1ccccc1)N/N=C/c1cc(Br)cs1.[Cl-]. The van der Waals surface area contributed by atoms with Crippen molar-refractivity contribution in [1.29, 1.82) is 0 Å². The van der Waals surface area contributed by atoms with Crippen molar-refractivity contribution in [3.05, 3.63) is 51.4 Å². The van der Waals surface area contributed by atoms with Crippen molar-refractivity contribution in [1.82, 2.24) is 5.43 Å². The number of hydrogen-bond donors (Lipinski definition) is 1. The molecule has 0 saturated heterocycles. The summed E-state index contributed by atoms with van der Waals surface area (Å²) in [6, 6.07) is 7.59. The van der Waals surface area contributed by atoms with E-state index < -0.39 is 0 Å². The fraction of sp³-hybridized carbons (Fsp3) is 0.0833. The minimum atomic E-state index is -0.155. The van der Waals surface area contributed by atoms with Crippen molar-refractivity contribution in [2.75, 3.05) is 0 Å². The topological polar surface area (TPSA) is 45.3 Å². The Kier molecular flexibility index (Phi) is 6.69. The van der Waals surface area contributed by atoms with Gasteiger partial charge in [0.2, 0.25) is 6.54 Å². The van der Waals surface area contributed by atoms with Crippen LogP contribution >= 0.6 is 27.3 Å². The van der Waals surface area contributed by atoms with Gasteiger partial charge < -0.3 is 12.4 Å². The predicted molar refractivity (Wildman–Crippen MR) is 74.4 cm³/mol. The van der Waals surface area contributed by atoms with Crippen molar-refractivity contribution in [3.63, 3.8) is 0 Å². The van der Waals surface area contributed by atoms with Crippen LogP contribution in [0.1, 0.15) is 4.88 Å². The van der Waals surface area contributed by atoms with Gasteiger partial charge in [0.25, 0.3) is 0 Å². The van der Waals surface area contributed by atoms with Crippen molar-refractivity contribution in [2.45, 2.75) is 6.54 Å². The maximum atomic E-state index is 11.6. The number of nitrogens with one attached hydrogen (secondary N) is 1. The molecule has 2 aromatic heterocycles. The second kappa shape index (κ2) is 8.04. The number of hydrazone groups is 1. The van der Waals surface area contributed by atoms with Crippen LogP contribution in [-0.4, -0.2) is 12.1 Å². The summed E-state index contributed by atoms with van der Waals surface area (Å²) in [7, 11) is 0. The zero-order valence-corrected chi connectivity index (χ0v) is 13.0. The largest absolute Gasteiger partial charge is 1.00 e. The first-order valence-electron chi connectivity index (χ1n) is 5.24. The standard InChI is InChI=1S/C12H10BrN3OS.ClH/c13-10-6-11(18-9-10)7-14-15-12(17)8-16-4-2-1-3-5-16;/h1-7,9H,8H2;1H/b14-7+;. The molecule has 2 rings (SSSR count). The van der Waals surface area contributed by atoms with Gasteiger partial charge in [-0.25, -0.2) is 5.43 Å². The molecule has 0 saturated carbocycles. The molecule has 19 heavy (non-hydrogen) atoms. The highest BCUT2D eigenvalue weighted by Crippen LogP contribution is 2.17. The lowest BCUT2D eigenvalue weighted by Crippen LogP contribution is -3.00. The van der Waals surface area contributed by atoms with Crippen LogP contribution in [0.2, 0.25) is 0 Å². The zero-order chi connectivity index (χ0) is 12.8. The third kappa shape index (κ3) is 5.50. The molecule has 0 fully saturated rings. The smallest absolute Gasteiger partial charge is 0.305 e. The van der Waals surface area contributed by atoms with Gasteiger partial charge in [-0.1, -0.05) is 6.07 Å². The quantitative estimate of drug-likeness (QED) is 0.422. The minimum absolute atomic E-state index is 0. The summed E-state index contributed by atoms with van der Waals surface area (Å²) in [6.45, 7) is 0.256. The summed E-state index contributed by atoms with van der Waals surface area (Å²) < 4.78 is 2.80. The molecule has 0 spiro atoms. The molecule has 100 valence electrons. The predicted octanol–water partition coefficient (Wildman–Crippen LogP) is -1.05. The number of nitrogens with zero attached hydrogens (tertiary/aromatic N) is 2. The number of hydrogen-bond acceptors (Lipinski definition) is 3. The van der Waals surface area contributed by atoms with Crippen LogP contribution in [0.4, 0.5) is 0 Å². The number of rotatable bonds is 4. The average molecular weight is 361 g/mol. The lowest BCUT2D eigenvalue weighted by molar-refractivity contribution is -0.684. The van der Waals surface area contributed by atoms with Gasteiger partial charge in [0.1, 0.15) is 0 Å². The molecule has 0 atom stereocenters. The van der Waals surface area contributed by atoms with E-state index in [-0.39, 0.29) is 24.9 Å². The van der Waals surface area contributed by atoms with Crippen LogP contribution in [0.25, 0.3) is 0 Å². The van der Waals surface area contributed by atoms with Crippen LogP contribution in [-0.2, 0) is 11.3 Å². The second-order valence-electron chi connectivity index (χ2n) is 3.51. The lowest BCUT2D eigenvalue weighted by Gasteiger charge is -1.95. The van der Waals surface area contributed by atoms with Gasteiger partial charge >= 0.3 is 5.91 Å². The molecule has 1 amide bonds. The van der Waals surface area contributed by atoms with Crippen molar-refractivity contribution < 1.29 is 21.8 Å². The first-order valence-corrected chi connectivity index (χ1v) is 6.91. The summed E-state index contributed by atoms with van der Waals surface area (Å²) in [6.07, 6.45) is 5.29. The summed E-state index contributed by atoms with van der Waals surface area (Å²) in [5, 5.41) is 5.86. The van der Waals surface area contributed by atoms with Crippen molar-refractivity contribution >= 4 is 39.4 Å². The van der Waals surface area contributed by atoms with Gasteiger partial charge in [-0.3, -0.25) is 4.79 Å². The Bertz CT molecular complexity index is 559. The molecule has 2 aromatic rings. The maximum Gasteiger partial charge on any atom is 0.305 e. The second-order valence-corrected chi connectivity index (χ2v) is 5.37. The Morgan fingerprint density at radius 1 is 1.42 bits per heavy atom. The van der Waals surface area contributed by atoms with Crippen molar-refractivity contribution in [2.24, 2.45) is 5.10 Å². The Labute approximate surface area is 129 Å². The fourth-order valence-electron chi connectivity index (χ4n) is 1.30. The van der Waals surface area contributed by atoms with Crippen LogP contribution in [0.15, 0.2) is 51.6 Å². The molecule has 0 aliphatic heterocycles. The van der Waals surface area contributed by atoms with Gasteiger partial charge in [0.05, 0.1) is 6.21 Å². The van der Waals surface area contributed by atoms with Crippen LogP contribution in [0.3, 0.4) is 0 Å². The molecule has 1 N–H and O–H groups in total. The number of thiophene rings is 1. The lowest BCUT2D eigenvalue weighted by atomic mass is 10.4. The van der Waals surface area contributed by atoms with E-state index in [0.717, 1.165) is 9.35 Å². The van der Waals surface area contributed by atoms with E-state index >= 15 is 0 Å². The molecule has 0 radical (unpaired) electrons. The third-order valence-corrected chi connectivity index (χ3v) is 3.70. The fourth-order valence-corrected chi connectivity index (χ4v) is 2.61. The Morgan fingerprint density at radius 3 is 2.79 bits per heavy atom. The van der Waals surface area contributed by atoms with E-state index in [9.17, 15) is 4.79 Å². The molecule has 0 bridgehead atoms. The van der Waals surface area contributed by atoms with Gasteiger partial charge in [-0.05, 0) is 22.0 Å². The summed E-state index contributed by atoms with van der Waals surface area (Å²) in [5.74, 6) is -0.155. The van der Waals surface area contributed by atoms with Gasteiger partial charge in [0.15, 0.2) is 12.4 Å². The van der Waals surface area contributed by atoms with E-state index in [0.29, 0.717) is 0 Å². The highest BCUT2D eigenvalue weighted by atomic mass is 79.9. The summed E-state index contributed by atoms with van der Waals surface area (Å²) >= 11 is 4.91. The maximum absolute atomic E-state index is 11.6. The number of aromatic nitrogens is 1. The Balaban J connectivity index is 0.00000180. The van der Waals surface area contributed by atoms with Gasteiger partial charge in [-0.2, -0.15) is 9.67 Å². The van der Waals surface area contributed by atoms with Crippen LogP contribution < -0.4 is 22.4 Å². The van der Waals surface area contributed by atoms with E-state index in [1.807, 2.05) is 42.0 Å². The van der Waals surface area contributed by atoms with Crippen LogP contribution in [0.5, 0.6) is 0 Å². The zero-order valence-electron chi connectivity index (χ0n) is 9.79. The molecular weight excluding hydrogens is 350 g/mol. The molecule has 7 heteroatoms. The number of amides is 1. The molecule has 0 unspecified atom stereocenters. The van der Waals surface area contributed by atoms with Crippen LogP contribution in [0, 0.1) is 0 Å². The molecule has 0 aliphatic carbocycles. The number of pyridine rings is 1. The number of carbonyl (C=O) groups excluding carboxylic acids is 1. The average Bonchev–Trinajstić information content (AvgIpc) is 2.76. The van der Waals surface area contributed by atoms with E-state index in [4.69, 9.17) is 0 Å². The summed E-state index contributed by atoms with van der Waals surface area (Å²) in [5.41, 5.74) is 2.49. The van der Waals surface area contributed by atoms with Gasteiger partial charge in [-0.15, -0.1) is 11.3 Å². The normalized spacial score (nSPS) is 10.2. The van der Waals surface area contributed by atoms with Gasteiger partial charge in [0, 0.05) is 26.9 Å². The monoisotopic (exact) mass is 359 g/mol. The third-order valence-electron chi connectivity index (χ3n) is 2.07. The molecular formula is C12H11BrClN3OS. The van der Waals surface area contributed by atoms with E-state index in [1.165, 1.54) is 0 Å². The summed E-state index contributed by atoms with van der Waals surface area (Å²) in [4.78, 5) is 12.5. The molecule has 0 aromatic carbocycles. The molecule has 2 heterocycles. The minimum Gasteiger partial charge on any atom is -1.00 e. The molecule has 0 aliphatic rings.